The van der Waals surface area contributed by atoms with Gasteiger partial charge in [-0.25, -0.2) is 0 Å². The first kappa shape index (κ1) is 13.2. The monoisotopic (exact) mass is 221 g/mol. The van der Waals surface area contributed by atoms with E-state index in [4.69, 9.17) is 10.5 Å². The maximum absolute atomic E-state index is 6.21. The van der Waals surface area contributed by atoms with Gasteiger partial charge in [-0.05, 0) is 24.8 Å². The molecule has 0 fully saturated rings. The Hall–Kier alpha value is -0.860. The van der Waals surface area contributed by atoms with E-state index in [1.165, 1.54) is 5.56 Å². The molecule has 0 spiro atoms. The Morgan fingerprint density at radius 2 is 1.81 bits per heavy atom. The molecule has 0 radical (unpaired) electrons. The highest BCUT2D eigenvalue weighted by molar-refractivity contribution is 5.19. The Morgan fingerprint density at radius 3 is 2.31 bits per heavy atom. The second-order valence-electron chi connectivity index (χ2n) is 4.58. The zero-order chi connectivity index (χ0) is 12.0. The van der Waals surface area contributed by atoms with Crippen LogP contribution in [0.15, 0.2) is 30.3 Å². The quantitative estimate of drug-likeness (QED) is 0.801. The second kappa shape index (κ2) is 6.66. The number of nitrogens with two attached hydrogens (primary N) is 1. The van der Waals surface area contributed by atoms with Crippen LogP contribution in [0, 0.1) is 5.92 Å². The van der Waals surface area contributed by atoms with Crippen LogP contribution in [0.3, 0.4) is 0 Å². The lowest BCUT2D eigenvalue weighted by molar-refractivity contribution is 0.0383. The van der Waals surface area contributed by atoms with Crippen molar-refractivity contribution >= 4 is 0 Å². The van der Waals surface area contributed by atoms with Crippen molar-refractivity contribution in [1.82, 2.24) is 0 Å². The molecule has 0 aliphatic rings. The second-order valence-corrected chi connectivity index (χ2v) is 4.58. The first-order valence-corrected chi connectivity index (χ1v) is 6.07. The summed E-state index contributed by atoms with van der Waals surface area (Å²) >= 11 is 0. The van der Waals surface area contributed by atoms with Crippen LogP contribution < -0.4 is 5.73 Å². The predicted molar refractivity (Wildman–Crippen MR) is 68.2 cm³/mol. The Kier molecular flexibility index (Phi) is 5.50. The van der Waals surface area contributed by atoms with Crippen molar-refractivity contribution in [3.63, 3.8) is 0 Å². The van der Waals surface area contributed by atoms with Gasteiger partial charge in [-0.15, -0.1) is 0 Å². The van der Waals surface area contributed by atoms with Crippen LogP contribution in [0.1, 0.15) is 38.9 Å². The van der Waals surface area contributed by atoms with Gasteiger partial charge < -0.3 is 10.5 Å². The van der Waals surface area contributed by atoms with E-state index >= 15 is 0 Å². The molecular formula is C14H23NO. The fourth-order valence-corrected chi connectivity index (χ4v) is 1.96. The molecule has 2 nitrogen and oxygen atoms in total. The third-order valence-corrected chi connectivity index (χ3v) is 2.61. The summed E-state index contributed by atoms with van der Waals surface area (Å²) < 4.78 is 5.77. The van der Waals surface area contributed by atoms with Gasteiger partial charge in [0, 0.05) is 12.6 Å². The Morgan fingerprint density at radius 1 is 1.19 bits per heavy atom. The Bertz CT molecular complexity index is 284. The first-order chi connectivity index (χ1) is 7.65. The van der Waals surface area contributed by atoms with Gasteiger partial charge in [0.1, 0.15) is 0 Å². The van der Waals surface area contributed by atoms with E-state index in [-0.39, 0.29) is 12.1 Å². The van der Waals surface area contributed by atoms with Crippen molar-refractivity contribution < 1.29 is 4.74 Å². The number of benzene rings is 1. The van der Waals surface area contributed by atoms with Crippen molar-refractivity contribution in [2.75, 3.05) is 6.61 Å². The van der Waals surface area contributed by atoms with Gasteiger partial charge in [0.05, 0.1) is 6.10 Å². The predicted octanol–water partition coefficient (Wildman–Crippen LogP) is 3.14. The largest absolute Gasteiger partial charge is 0.372 e. The van der Waals surface area contributed by atoms with Gasteiger partial charge in [0.15, 0.2) is 0 Å². The minimum absolute atomic E-state index is 0.0219. The van der Waals surface area contributed by atoms with Crippen molar-refractivity contribution in [2.24, 2.45) is 11.7 Å². The van der Waals surface area contributed by atoms with E-state index < -0.39 is 0 Å². The SMILES string of the molecule is CCOC(c1ccccc1)C(N)CC(C)C. The summed E-state index contributed by atoms with van der Waals surface area (Å²) in [6.07, 6.45) is 1.01. The average Bonchev–Trinajstić information content (AvgIpc) is 2.26. The molecule has 1 aromatic rings. The van der Waals surface area contributed by atoms with Gasteiger partial charge >= 0.3 is 0 Å². The average molecular weight is 221 g/mol. The van der Waals surface area contributed by atoms with E-state index in [1.807, 2.05) is 25.1 Å². The van der Waals surface area contributed by atoms with Gasteiger partial charge in [0.25, 0.3) is 0 Å². The zero-order valence-electron chi connectivity index (χ0n) is 10.5. The van der Waals surface area contributed by atoms with E-state index in [2.05, 4.69) is 26.0 Å². The lowest BCUT2D eigenvalue weighted by atomic mass is 9.95. The molecule has 0 aromatic heterocycles. The molecule has 2 unspecified atom stereocenters. The third-order valence-electron chi connectivity index (χ3n) is 2.61. The van der Waals surface area contributed by atoms with Crippen LogP contribution in [0.5, 0.6) is 0 Å². The molecule has 0 heterocycles. The van der Waals surface area contributed by atoms with Crippen molar-refractivity contribution in [2.45, 2.75) is 39.3 Å². The molecule has 0 saturated carbocycles. The summed E-state index contributed by atoms with van der Waals surface area (Å²) in [4.78, 5) is 0. The van der Waals surface area contributed by atoms with Gasteiger partial charge in [0.2, 0.25) is 0 Å². The number of hydrogen-bond acceptors (Lipinski definition) is 2. The summed E-state index contributed by atoms with van der Waals surface area (Å²) in [5, 5.41) is 0. The number of ether oxygens (including phenoxy) is 1. The molecule has 90 valence electrons. The summed E-state index contributed by atoms with van der Waals surface area (Å²) in [7, 11) is 0. The van der Waals surface area contributed by atoms with E-state index in [1.54, 1.807) is 0 Å². The Balaban J connectivity index is 2.74. The molecule has 2 atom stereocenters. The fourth-order valence-electron chi connectivity index (χ4n) is 1.96. The van der Waals surface area contributed by atoms with Crippen LogP contribution >= 0.6 is 0 Å². The van der Waals surface area contributed by atoms with Crippen LogP contribution in [0.25, 0.3) is 0 Å². The van der Waals surface area contributed by atoms with Crippen LogP contribution in [0.2, 0.25) is 0 Å². The molecule has 0 bridgehead atoms. The fraction of sp³-hybridized carbons (Fsp3) is 0.571. The van der Waals surface area contributed by atoms with Crippen LogP contribution in [-0.4, -0.2) is 12.6 Å². The standard InChI is InChI=1S/C14H23NO/c1-4-16-14(13(15)10-11(2)3)12-8-6-5-7-9-12/h5-9,11,13-14H,4,10,15H2,1-3H3. The minimum atomic E-state index is 0.0219. The van der Waals surface area contributed by atoms with Crippen LogP contribution in [0.4, 0.5) is 0 Å². The summed E-state index contributed by atoms with van der Waals surface area (Å²) in [5.41, 5.74) is 7.39. The number of hydrogen-bond donors (Lipinski definition) is 1. The smallest absolute Gasteiger partial charge is 0.0975 e. The lowest BCUT2D eigenvalue weighted by Crippen LogP contribution is -2.31. The molecule has 1 aromatic carbocycles. The molecular weight excluding hydrogens is 198 g/mol. The molecule has 0 saturated heterocycles. The molecule has 1 rings (SSSR count). The normalized spacial score (nSPS) is 15.1. The van der Waals surface area contributed by atoms with E-state index in [9.17, 15) is 0 Å². The van der Waals surface area contributed by atoms with Crippen LogP contribution in [-0.2, 0) is 4.74 Å². The summed E-state index contributed by atoms with van der Waals surface area (Å²) in [6, 6.07) is 10.3. The van der Waals surface area contributed by atoms with E-state index in [0.717, 1.165) is 6.42 Å². The third kappa shape index (κ3) is 3.95. The number of rotatable bonds is 6. The van der Waals surface area contributed by atoms with Crippen molar-refractivity contribution in [3.05, 3.63) is 35.9 Å². The summed E-state index contributed by atoms with van der Waals surface area (Å²) in [5.74, 6) is 0.599. The topological polar surface area (TPSA) is 35.2 Å². The molecule has 0 aliphatic carbocycles. The van der Waals surface area contributed by atoms with Gasteiger partial charge in [-0.3, -0.25) is 0 Å². The first-order valence-electron chi connectivity index (χ1n) is 6.07. The lowest BCUT2D eigenvalue weighted by Gasteiger charge is -2.25. The van der Waals surface area contributed by atoms with Crippen molar-refractivity contribution in [1.29, 1.82) is 0 Å². The molecule has 16 heavy (non-hydrogen) atoms. The maximum Gasteiger partial charge on any atom is 0.0975 e. The summed E-state index contributed by atoms with van der Waals surface area (Å²) in [6.45, 7) is 7.09. The maximum atomic E-state index is 6.21. The molecule has 2 heteroatoms. The van der Waals surface area contributed by atoms with Gasteiger partial charge in [-0.1, -0.05) is 44.2 Å². The highest BCUT2D eigenvalue weighted by atomic mass is 16.5. The zero-order valence-corrected chi connectivity index (χ0v) is 10.5. The Labute approximate surface area is 98.8 Å². The minimum Gasteiger partial charge on any atom is -0.372 e. The molecule has 0 aliphatic heterocycles. The molecule has 2 N–H and O–H groups in total. The highest BCUT2D eigenvalue weighted by Crippen LogP contribution is 2.23. The van der Waals surface area contributed by atoms with Crippen molar-refractivity contribution in [3.8, 4) is 0 Å². The highest BCUT2D eigenvalue weighted by Gasteiger charge is 2.20. The van der Waals surface area contributed by atoms with E-state index in [0.29, 0.717) is 12.5 Å². The molecule has 0 amide bonds. The van der Waals surface area contributed by atoms with Gasteiger partial charge in [-0.2, -0.15) is 0 Å².